The van der Waals surface area contributed by atoms with Crippen molar-refractivity contribution in [1.29, 1.82) is 0 Å². The molecule has 1 aromatic carbocycles. The number of hydrogen-bond acceptors (Lipinski definition) is 5. The second kappa shape index (κ2) is 10.1. The number of carbonyl (C=O) groups is 1. The van der Waals surface area contributed by atoms with Gasteiger partial charge in [-0.3, -0.25) is 4.79 Å². The lowest BCUT2D eigenvalue weighted by Crippen LogP contribution is -2.47. The quantitative estimate of drug-likeness (QED) is 0.374. The van der Waals surface area contributed by atoms with Gasteiger partial charge in [0.15, 0.2) is 0 Å². The van der Waals surface area contributed by atoms with E-state index in [0.717, 1.165) is 12.8 Å². The Morgan fingerprint density at radius 1 is 1.07 bits per heavy atom. The van der Waals surface area contributed by atoms with Crippen LogP contribution in [0.1, 0.15) is 64.7 Å². The SMILES string of the molecule is C/C(=N\O)[C@H](C)CCC(C)(C)CN(C(=O)c1ccccc1)[C@@H](C)/C(C)=N/O. The van der Waals surface area contributed by atoms with Crippen LogP contribution in [-0.4, -0.2) is 45.2 Å². The zero-order valence-electron chi connectivity index (χ0n) is 17.3. The third-order valence-electron chi connectivity index (χ3n) is 5.23. The van der Waals surface area contributed by atoms with Crippen molar-refractivity contribution in [2.24, 2.45) is 21.6 Å². The van der Waals surface area contributed by atoms with Crippen LogP contribution in [0.15, 0.2) is 40.6 Å². The molecular weight excluding hydrogens is 342 g/mol. The zero-order chi connectivity index (χ0) is 20.6. The number of nitrogens with zero attached hydrogens (tertiary/aromatic N) is 3. The fourth-order valence-corrected chi connectivity index (χ4v) is 2.90. The van der Waals surface area contributed by atoms with Crippen LogP contribution in [0.2, 0.25) is 0 Å². The summed E-state index contributed by atoms with van der Waals surface area (Å²) in [5.41, 5.74) is 1.66. The molecule has 0 unspecified atom stereocenters. The lowest BCUT2D eigenvalue weighted by atomic mass is 9.83. The summed E-state index contributed by atoms with van der Waals surface area (Å²) in [5.74, 6) is 0.0889. The highest BCUT2D eigenvalue weighted by Crippen LogP contribution is 2.28. The van der Waals surface area contributed by atoms with E-state index >= 15 is 0 Å². The molecule has 6 nitrogen and oxygen atoms in total. The smallest absolute Gasteiger partial charge is 0.254 e. The molecule has 0 radical (unpaired) electrons. The van der Waals surface area contributed by atoms with Crippen LogP contribution in [0.5, 0.6) is 0 Å². The first-order valence-electron chi connectivity index (χ1n) is 9.36. The molecule has 150 valence electrons. The van der Waals surface area contributed by atoms with E-state index in [2.05, 4.69) is 24.2 Å². The van der Waals surface area contributed by atoms with Gasteiger partial charge in [0.2, 0.25) is 0 Å². The van der Waals surface area contributed by atoms with Gasteiger partial charge in [-0.05, 0) is 57.1 Å². The molecule has 1 aromatic rings. The highest BCUT2D eigenvalue weighted by atomic mass is 16.4. The van der Waals surface area contributed by atoms with Crippen LogP contribution in [0.3, 0.4) is 0 Å². The van der Waals surface area contributed by atoms with Gasteiger partial charge in [-0.25, -0.2) is 0 Å². The monoisotopic (exact) mass is 375 g/mol. The maximum absolute atomic E-state index is 13.1. The molecule has 0 saturated carbocycles. The van der Waals surface area contributed by atoms with Crippen molar-refractivity contribution < 1.29 is 15.2 Å². The second-order valence-corrected chi connectivity index (χ2v) is 8.06. The molecule has 1 amide bonds. The number of benzene rings is 1. The first kappa shape index (κ1) is 22.7. The van der Waals surface area contributed by atoms with Gasteiger partial charge in [0.1, 0.15) is 0 Å². The Balaban J connectivity index is 3.00. The summed E-state index contributed by atoms with van der Waals surface area (Å²) >= 11 is 0. The number of oxime groups is 2. The molecule has 0 bridgehead atoms. The van der Waals surface area contributed by atoms with Gasteiger partial charge in [0, 0.05) is 12.1 Å². The molecule has 0 heterocycles. The normalized spacial score (nSPS) is 15.3. The second-order valence-electron chi connectivity index (χ2n) is 8.06. The van der Waals surface area contributed by atoms with Crippen molar-refractivity contribution in [3.63, 3.8) is 0 Å². The molecule has 0 spiro atoms. The maximum atomic E-state index is 13.1. The first-order chi connectivity index (χ1) is 12.6. The number of rotatable bonds is 9. The van der Waals surface area contributed by atoms with Gasteiger partial charge < -0.3 is 15.3 Å². The molecule has 1 rings (SSSR count). The molecule has 2 N–H and O–H groups in total. The molecule has 0 aliphatic rings. The van der Waals surface area contributed by atoms with E-state index in [4.69, 9.17) is 5.21 Å². The van der Waals surface area contributed by atoms with Crippen LogP contribution in [-0.2, 0) is 0 Å². The molecule has 0 fully saturated rings. The summed E-state index contributed by atoms with van der Waals surface area (Å²) < 4.78 is 0. The average Bonchev–Trinajstić information content (AvgIpc) is 2.68. The summed E-state index contributed by atoms with van der Waals surface area (Å²) in [6, 6.07) is 8.83. The van der Waals surface area contributed by atoms with Crippen molar-refractivity contribution in [2.45, 2.75) is 60.4 Å². The van der Waals surface area contributed by atoms with E-state index < -0.39 is 0 Å². The summed E-state index contributed by atoms with van der Waals surface area (Å²) in [7, 11) is 0. The lowest BCUT2D eigenvalue weighted by Gasteiger charge is -2.37. The minimum Gasteiger partial charge on any atom is -0.411 e. The van der Waals surface area contributed by atoms with E-state index in [9.17, 15) is 10.0 Å². The van der Waals surface area contributed by atoms with Gasteiger partial charge in [0.25, 0.3) is 5.91 Å². The Morgan fingerprint density at radius 2 is 1.63 bits per heavy atom. The van der Waals surface area contributed by atoms with Gasteiger partial charge in [-0.1, -0.05) is 49.3 Å². The molecule has 0 aromatic heterocycles. The van der Waals surface area contributed by atoms with Crippen LogP contribution in [0.4, 0.5) is 0 Å². The lowest BCUT2D eigenvalue weighted by molar-refractivity contribution is 0.0642. The Labute approximate surface area is 162 Å². The van der Waals surface area contributed by atoms with E-state index in [1.165, 1.54) is 0 Å². The molecule has 2 atom stereocenters. The van der Waals surface area contributed by atoms with E-state index in [1.54, 1.807) is 24.0 Å². The summed E-state index contributed by atoms with van der Waals surface area (Å²) in [5, 5.41) is 24.7. The Morgan fingerprint density at radius 3 is 2.15 bits per heavy atom. The topological polar surface area (TPSA) is 85.5 Å². The van der Waals surface area contributed by atoms with Crippen LogP contribution in [0.25, 0.3) is 0 Å². The molecule has 27 heavy (non-hydrogen) atoms. The Kier molecular flexibility index (Phi) is 8.47. The predicted octanol–water partition coefficient (Wildman–Crippen LogP) is 4.66. The molecule has 0 saturated heterocycles. The van der Waals surface area contributed by atoms with Gasteiger partial charge in [0.05, 0.1) is 17.5 Å². The third kappa shape index (κ3) is 6.70. The minimum atomic E-state index is -0.319. The first-order valence-corrected chi connectivity index (χ1v) is 9.36. The van der Waals surface area contributed by atoms with Crippen LogP contribution >= 0.6 is 0 Å². The highest BCUT2D eigenvalue weighted by Gasteiger charge is 2.30. The van der Waals surface area contributed by atoms with Gasteiger partial charge in [-0.15, -0.1) is 0 Å². The number of amides is 1. The van der Waals surface area contributed by atoms with Crippen molar-refractivity contribution in [3.05, 3.63) is 35.9 Å². The van der Waals surface area contributed by atoms with Crippen molar-refractivity contribution in [1.82, 2.24) is 4.90 Å². The van der Waals surface area contributed by atoms with Gasteiger partial charge in [-0.2, -0.15) is 0 Å². The highest BCUT2D eigenvalue weighted by molar-refractivity contribution is 5.98. The molecule has 0 aliphatic heterocycles. The van der Waals surface area contributed by atoms with Crippen molar-refractivity contribution >= 4 is 17.3 Å². The molecule has 0 aliphatic carbocycles. The number of carbonyl (C=O) groups excluding carboxylic acids is 1. The fraction of sp³-hybridized carbons (Fsp3) is 0.571. The van der Waals surface area contributed by atoms with Crippen LogP contribution < -0.4 is 0 Å². The Hall–Kier alpha value is -2.37. The van der Waals surface area contributed by atoms with E-state index in [-0.39, 0.29) is 23.3 Å². The Bertz CT molecular complexity index is 669. The van der Waals surface area contributed by atoms with Crippen molar-refractivity contribution in [2.75, 3.05) is 6.54 Å². The fourth-order valence-electron chi connectivity index (χ4n) is 2.90. The molecular formula is C21H33N3O3. The van der Waals surface area contributed by atoms with Crippen molar-refractivity contribution in [3.8, 4) is 0 Å². The summed E-state index contributed by atoms with van der Waals surface area (Å²) in [6.45, 7) is 12.2. The van der Waals surface area contributed by atoms with E-state index in [0.29, 0.717) is 23.5 Å². The third-order valence-corrected chi connectivity index (χ3v) is 5.23. The number of hydrogen-bond donors (Lipinski definition) is 2. The van der Waals surface area contributed by atoms with Gasteiger partial charge >= 0.3 is 0 Å². The maximum Gasteiger partial charge on any atom is 0.254 e. The standard InChI is InChI=1S/C21H33N3O3/c1-15(16(2)22-26)12-13-21(5,6)14-24(18(4)17(3)23-27)20(25)19-10-8-7-9-11-19/h7-11,15,18,26-27H,12-14H2,1-6H3/b22-16+,23-17+/t15-,18+/m1/s1. The largest absolute Gasteiger partial charge is 0.411 e. The zero-order valence-corrected chi connectivity index (χ0v) is 17.3. The predicted molar refractivity (Wildman–Crippen MR) is 109 cm³/mol. The minimum absolute atomic E-state index is 0.0830. The molecule has 6 heteroatoms. The summed E-state index contributed by atoms with van der Waals surface area (Å²) in [4.78, 5) is 14.9. The summed E-state index contributed by atoms with van der Waals surface area (Å²) in [6.07, 6.45) is 1.72. The van der Waals surface area contributed by atoms with Crippen LogP contribution in [0, 0.1) is 11.3 Å². The average molecular weight is 376 g/mol. The van der Waals surface area contributed by atoms with E-state index in [1.807, 2.05) is 39.0 Å².